The third kappa shape index (κ3) is 3.56. The minimum Gasteiger partial charge on any atom is -0.354 e. The summed E-state index contributed by atoms with van der Waals surface area (Å²) in [6.45, 7) is 4.96. The molecule has 1 rings (SSSR count). The van der Waals surface area contributed by atoms with E-state index in [1.165, 1.54) is 0 Å². The summed E-state index contributed by atoms with van der Waals surface area (Å²) in [5.41, 5.74) is 0. The number of hydrogen-bond acceptors (Lipinski definition) is 2. The second-order valence-corrected chi connectivity index (χ2v) is 3.83. The zero-order chi connectivity index (χ0) is 12.0. The molecule has 16 heavy (non-hydrogen) atoms. The van der Waals surface area contributed by atoms with E-state index in [2.05, 4.69) is 34.5 Å². The van der Waals surface area contributed by atoms with Crippen molar-refractivity contribution in [3.05, 3.63) is 18.2 Å². The van der Waals surface area contributed by atoms with E-state index in [1.54, 1.807) is 13.2 Å². The molecule has 1 aromatic heterocycles. The number of hydrogen-bond donors (Lipinski definition) is 2. The van der Waals surface area contributed by atoms with Crippen LogP contribution in [0.25, 0.3) is 0 Å². The summed E-state index contributed by atoms with van der Waals surface area (Å²) in [5, 5.41) is 6.53. The number of aryl methyl sites for hydroxylation is 1. The number of aromatic nitrogens is 2. The van der Waals surface area contributed by atoms with Crippen LogP contribution in [0.2, 0.25) is 0 Å². The van der Waals surface area contributed by atoms with Gasteiger partial charge in [-0.25, -0.2) is 4.98 Å². The molecule has 1 heterocycles. The zero-order valence-electron chi connectivity index (χ0n) is 10.5. The molecule has 1 unspecified atom stereocenters. The number of imidazole rings is 1. The molecule has 90 valence electrons. The van der Waals surface area contributed by atoms with Gasteiger partial charge in [0.15, 0.2) is 5.96 Å². The van der Waals surface area contributed by atoms with Gasteiger partial charge in [0.2, 0.25) is 0 Å². The topological polar surface area (TPSA) is 54.2 Å². The van der Waals surface area contributed by atoms with Gasteiger partial charge in [0.1, 0.15) is 5.82 Å². The van der Waals surface area contributed by atoms with E-state index in [9.17, 15) is 0 Å². The zero-order valence-corrected chi connectivity index (χ0v) is 10.5. The molecule has 0 amide bonds. The molecule has 1 atom stereocenters. The molecule has 2 N–H and O–H groups in total. The Balaban J connectivity index is 2.44. The maximum absolute atomic E-state index is 4.24. The van der Waals surface area contributed by atoms with Crippen molar-refractivity contribution in [2.24, 2.45) is 12.0 Å². The highest BCUT2D eigenvalue weighted by molar-refractivity contribution is 5.79. The Morgan fingerprint density at radius 2 is 2.38 bits per heavy atom. The smallest absolute Gasteiger partial charge is 0.191 e. The van der Waals surface area contributed by atoms with Gasteiger partial charge < -0.3 is 15.2 Å². The van der Waals surface area contributed by atoms with Crippen LogP contribution in [0.3, 0.4) is 0 Å². The fourth-order valence-electron chi connectivity index (χ4n) is 1.26. The fraction of sp³-hybridized carbons (Fsp3) is 0.636. The lowest BCUT2D eigenvalue weighted by Gasteiger charge is -2.16. The van der Waals surface area contributed by atoms with Gasteiger partial charge in [0.25, 0.3) is 0 Å². The van der Waals surface area contributed by atoms with Crippen LogP contribution < -0.4 is 10.6 Å². The fourth-order valence-corrected chi connectivity index (χ4v) is 1.26. The molecule has 5 heteroatoms. The highest BCUT2D eigenvalue weighted by atomic mass is 15.2. The number of aliphatic imine (C=N–C) groups is 1. The first-order valence-corrected chi connectivity index (χ1v) is 5.60. The first-order chi connectivity index (χ1) is 7.67. The summed E-state index contributed by atoms with van der Waals surface area (Å²) in [6, 6.07) is 0.424. The number of nitrogens with zero attached hydrogens (tertiary/aromatic N) is 3. The first-order valence-electron chi connectivity index (χ1n) is 5.60. The average molecular weight is 223 g/mol. The molecule has 5 nitrogen and oxygen atoms in total. The second-order valence-electron chi connectivity index (χ2n) is 3.83. The molecule has 0 spiro atoms. The molecule has 0 fully saturated rings. The quantitative estimate of drug-likeness (QED) is 0.588. The summed E-state index contributed by atoms with van der Waals surface area (Å²) in [4.78, 5) is 8.40. The van der Waals surface area contributed by atoms with Crippen molar-refractivity contribution in [1.82, 2.24) is 20.2 Å². The lowest BCUT2D eigenvalue weighted by Crippen LogP contribution is -2.41. The molecule has 0 saturated carbocycles. The Hall–Kier alpha value is -1.52. The van der Waals surface area contributed by atoms with Crippen LogP contribution in [0, 0.1) is 0 Å². The molecule has 0 radical (unpaired) electrons. The predicted molar refractivity (Wildman–Crippen MR) is 66.3 cm³/mol. The third-order valence-corrected chi connectivity index (χ3v) is 2.55. The van der Waals surface area contributed by atoms with Gasteiger partial charge in [-0.1, -0.05) is 6.92 Å². The van der Waals surface area contributed by atoms with Gasteiger partial charge in [0, 0.05) is 32.5 Å². The van der Waals surface area contributed by atoms with Crippen LogP contribution in [-0.4, -0.2) is 28.6 Å². The maximum atomic E-state index is 4.24. The van der Waals surface area contributed by atoms with E-state index in [4.69, 9.17) is 0 Å². The monoisotopic (exact) mass is 223 g/mol. The van der Waals surface area contributed by atoms with Crippen molar-refractivity contribution in [3.8, 4) is 0 Å². The maximum Gasteiger partial charge on any atom is 0.191 e. The normalized spacial score (nSPS) is 13.6. The largest absolute Gasteiger partial charge is 0.354 e. The number of guanidine groups is 1. The minimum atomic E-state index is 0.424. The minimum absolute atomic E-state index is 0.424. The molecule has 0 aliphatic rings. The van der Waals surface area contributed by atoms with E-state index < -0.39 is 0 Å². The van der Waals surface area contributed by atoms with E-state index in [0.717, 1.165) is 18.2 Å². The highest BCUT2D eigenvalue weighted by Crippen LogP contribution is 1.93. The van der Waals surface area contributed by atoms with Crippen molar-refractivity contribution in [2.45, 2.75) is 32.9 Å². The van der Waals surface area contributed by atoms with E-state index in [-0.39, 0.29) is 0 Å². The van der Waals surface area contributed by atoms with Crippen molar-refractivity contribution >= 4 is 5.96 Å². The lowest BCUT2D eigenvalue weighted by atomic mass is 10.3. The van der Waals surface area contributed by atoms with Crippen LogP contribution in [0.4, 0.5) is 0 Å². The summed E-state index contributed by atoms with van der Waals surface area (Å²) >= 11 is 0. The van der Waals surface area contributed by atoms with Crippen LogP contribution >= 0.6 is 0 Å². The van der Waals surface area contributed by atoms with Gasteiger partial charge in [0.05, 0.1) is 6.54 Å². The van der Waals surface area contributed by atoms with E-state index in [0.29, 0.717) is 12.6 Å². The molecule has 0 aliphatic carbocycles. The van der Waals surface area contributed by atoms with E-state index in [1.807, 2.05) is 17.8 Å². The molecule has 0 aliphatic heterocycles. The average Bonchev–Trinajstić information content (AvgIpc) is 2.69. The SMILES string of the molecule is CCC(C)NC(=NC)NCc1nccn1C. The Kier molecular flexibility index (Phi) is 4.82. The van der Waals surface area contributed by atoms with Crippen molar-refractivity contribution in [1.29, 1.82) is 0 Å². The predicted octanol–water partition coefficient (Wildman–Crippen LogP) is 0.884. The van der Waals surface area contributed by atoms with Gasteiger partial charge in [-0.2, -0.15) is 0 Å². The highest BCUT2D eigenvalue weighted by Gasteiger charge is 2.04. The van der Waals surface area contributed by atoms with E-state index >= 15 is 0 Å². The van der Waals surface area contributed by atoms with Crippen LogP contribution in [0.15, 0.2) is 17.4 Å². The van der Waals surface area contributed by atoms with Crippen LogP contribution in [0.1, 0.15) is 26.1 Å². The molecule has 0 bridgehead atoms. The number of rotatable bonds is 4. The van der Waals surface area contributed by atoms with Gasteiger partial charge in [-0.15, -0.1) is 0 Å². The van der Waals surface area contributed by atoms with Crippen molar-refractivity contribution < 1.29 is 0 Å². The Labute approximate surface area is 97.0 Å². The number of nitrogens with one attached hydrogen (secondary N) is 2. The molecular weight excluding hydrogens is 202 g/mol. The summed E-state index contributed by atoms with van der Waals surface area (Å²) < 4.78 is 1.99. The van der Waals surface area contributed by atoms with Crippen LogP contribution in [0.5, 0.6) is 0 Å². The van der Waals surface area contributed by atoms with Crippen molar-refractivity contribution in [3.63, 3.8) is 0 Å². The standard InChI is InChI=1S/C11H21N5/c1-5-9(2)15-11(12-3)14-8-10-13-6-7-16(10)4/h6-7,9H,5,8H2,1-4H3,(H2,12,14,15). The third-order valence-electron chi connectivity index (χ3n) is 2.55. The van der Waals surface area contributed by atoms with Gasteiger partial charge in [-0.3, -0.25) is 4.99 Å². The van der Waals surface area contributed by atoms with Crippen LogP contribution in [-0.2, 0) is 13.6 Å². The first kappa shape index (κ1) is 12.5. The lowest BCUT2D eigenvalue weighted by molar-refractivity contribution is 0.619. The molecule has 0 saturated heterocycles. The molecule has 1 aromatic rings. The second kappa shape index (κ2) is 6.15. The van der Waals surface area contributed by atoms with Crippen molar-refractivity contribution in [2.75, 3.05) is 7.05 Å². The Morgan fingerprint density at radius 3 is 2.88 bits per heavy atom. The summed E-state index contributed by atoms with van der Waals surface area (Å²) in [5.74, 6) is 1.81. The summed E-state index contributed by atoms with van der Waals surface area (Å²) in [7, 11) is 3.75. The molecule has 0 aromatic carbocycles. The Morgan fingerprint density at radius 1 is 1.62 bits per heavy atom. The summed E-state index contributed by atoms with van der Waals surface area (Å²) in [6.07, 6.45) is 4.80. The molecular formula is C11H21N5. The van der Waals surface area contributed by atoms with Gasteiger partial charge >= 0.3 is 0 Å². The Bertz CT molecular complexity index is 342. The van der Waals surface area contributed by atoms with Gasteiger partial charge in [-0.05, 0) is 13.3 Å².